The normalized spacial score (nSPS) is 11.6. The molecule has 9 heteroatoms. The van der Waals surface area contributed by atoms with E-state index in [1.54, 1.807) is 18.3 Å². The number of hydrogen-bond donors (Lipinski definition) is 2. The first-order valence-corrected chi connectivity index (χ1v) is 11.5. The van der Waals surface area contributed by atoms with Crippen molar-refractivity contribution in [3.8, 4) is 5.75 Å². The summed E-state index contributed by atoms with van der Waals surface area (Å²) < 4.78 is 30.0. The van der Waals surface area contributed by atoms with Crippen LogP contribution in [-0.4, -0.2) is 14.6 Å². The average Bonchev–Trinajstić information content (AvgIpc) is 2.68. The maximum Gasteiger partial charge on any atom is 0.238 e. The Morgan fingerprint density at radius 1 is 1.00 bits per heavy atom. The van der Waals surface area contributed by atoms with E-state index in [1.807, 2.05) is 42.5 Å². The van der Waals surface area contributed by atoms with Crippen LogP contribution >= 0.6 is 31.9 Å². The standard InChI is InChI=1S/C20H17Br2N3O3S/c21-18-10-15(11-19(22)20(18)28-13-14-4-2-1-3-5-14)12-24-25-16-6-8-17(9-7-16)29(23,26)27/h1-12,25H,13H2,(H2,23,26,27). The van der Waals surface area contributed by atoms with Gasteiger partial charge in [0, 0.05) is 0 Å². The number of nitrogens with two attached hydrogens (primary N) is 1. The number of primary sulfonamides is 1. The lowest BCUT2D eigenvalue weighted by molar-refractivity contribution is 0.302. The van der Waals surface area contributed by atoms with Crippen LogP contribution in [0.5, 0.6) is 5.75 Å². The number of rotatable bonds is 7. The molecule has 0 bridgehead atoms. The summed E-state index contributed by atoms with van der Waals surface area (Å²) in [5.74, 6) is 0.706. The number of sulfonamides is 1. The van der Waals surface area contributed by atoms with Gasteiger partial charge in [0.2, 0.25) is 10.0 Å². The van der Waals surface area contributed by atoms with Crippen molar-refractivity contribution >= 4 is 53.8 Å². The molecule has 6 nitrogen and oxygen atoms in total. The van der Waals surface area contributed by atoms with Gasteiger partial charge in [0.1, 0.15) is 12.4 Å². The lowest BCUT2D eigenvalue weighted by atomic mass is 10.2. The summed E-state index contributed by atoms with van der Waals surface area (Å²) in [6, 6.07) is 19.7. The molecular formula is C20H17Br2N3O3S. The Morgan fingerprint density at radius 3 is 2.21 bits per heavy atom. The molecule has 0 fully saturated rings. The van der Waals surface area contributed by atoms with E-state index in [2.05, 4.69) is 42.4 Å². The molecule has 0 saturated heterocycles. The van der Waals surface area contributed by atoms with Gasteiger partial charge in [-0.2, -0.15) is 5.10 Å². The first-order valence-electron chi connectivity index (χ1n) is 8.40. The van der Waals surface area contributed by atoms with Gasteiger partial charge in [0.25, 0.3) is 0 Å². The van der Waals surface area contributed by atoms with Crippen LogP contribution in [-0.2, 0) is 16.6 Å². The predicted octanol–water partition coefficient (Wildman–Crippen LogP) is 4.88. The zero-order valence-corrected chi connectivity index (χ0v) is 19.0. The van der Waals surface area contributed by atoms with E-state index in [4.69, 9.17) is 9.88 Å². The number of hydrazone groups is 1. The molecule has 0 spiro atoms. The van der Waals surface area contributed by atoms with Crippen molar-refractivity contribution < 1.29 is 13.2 Å². The number of ether oxygens (including phenoxy) is 1. The fraction of sp³-hybridized carbons (Fsp3) is 0.0500. The van der Waals surface area contributed by atoms with Crippen LogP contribution in [0.2, 0.25) is 0 Å². The number of hydrogen-bond acceptors (Lipinski definition) is 5. The quantitative estimate of drug-likeness (QED) is 0.331. The van der Waals surface area contributed by atoms with Gasteiger partial charge >= 0.3 is 0 Å². The van der Waals surface area contributed by atoms with Gasteiger partial charge in [-0.1, -0.05) is 30.3 Å². The number of anilines is 1. The monoisotopic (exact) mass is 537 g/mol. The Hall–Kier alpha value is -2.20. The van der Waals surface area contributed by atoms with Gasteiger partial charge < -0.3 is 4.74 Å². The van der Waals surface area contributed by atoms with Crippen molar-refractivity contribution in [3.63, 3.8) is 0 Å². The Balaban J connectivity index is 1.65. The summed E-state index contributed by atoms with van der Waals surface area (Å²) in [4.78, 5) is 0.0472. The van der Waals surface area contributed by atoms with Crippen LogP contribution < -0.4 is 15.3 Å². The van der Waals surface area contributed by atoms with Gasteiger partial charge in [-0.25, -0.2) is 13.6 Å². The molecule has 0 aromatic heterocycles. The first kappa shape index (κ1) is 21.5. The fourth-order valence-electron chi connectivity index (χ4n) is 2.42. The van der Waals surface area contributed by atoms with Gasteiger partial charge in [0.15, 0.2) is 0 Å². The van der Waals surface area contributed by atoms with Gasteiger partial charge in [-0.05, 0) is 79.4 Å². The molecule has 0 saturated carbocycles. The molecule has 3 N–H and O–H groups in total. The Bertz CT molecular complexity index is 1100. The summed E-state index contributed by atoms with van der Waals surface area (Å²) >= 11 is 7.06. The predicted molar refractivity (Wildman–Crippen MR) is 122 cm³/mol. The Morgan fingerprint density at radius 2 is 1.62 bits per heavy atom. The second kappa shape index (κ2) is 9.53. The van der Waals surface area contributed by atoms with Gasteiger partial charge in [-0.3, -0.25) is 5.43 Å². The van der Waals surface area contributed by atoms with Gasteiger partial charge in [-0.15, -0.1) is 0 Å². The maximum atomic E-state index is 11.3. The van der Waals surface area contributed by atoms with E-state index in [1.165, 1.54) is 12.1 Å². The van der Waals surface area contributed by atoms with Crippen molar-refractivity contribution in [1.82, 2.24) is 0 Å². The highest BCUT2D eigenvalue weighted by atomic mass is 79.9. The van der Waals surface area contributed by atoms with Crippen LogP contribution in [0, 0.1) is 0 Å². The minimum atomic E-state index is -3.71. The summed E-state index contributed by atoms with van der Waals surface area (Å²) in [5, 5.41) is 9.25. The molecule has 0 unspecified atom stereocenters. The number of nitrogens with zero attached hydrogens (tertiary/aromatic N) is 1. The molecule has 3 rings (SSSR count). The van der Waals surface area contributed by atoms with E-state index in [9.17, 15) is 8.42 Å². The molecule has 0 aliphatic heterocycles. The van der Waals surface area contributed by atoms with Crippen LogP contribution in [0.4, 0.5) is 5.69 Å². The Kier molecular flexibility index (Phi) is 7.07. The van der Waals surface area contributed by atoms with E-state index in [0.29, 0.717) is 18.0 Å². The highest BCUT2D eigenvalue weighted by molar-refractivity contribution is 9.11. The van der Waals surface area contributed by atoms with E-state index >= 15 is 0 Å². The minimum absolute atomic E-state index is 0.0472. The Labute approximate surface area is 186 Å². The lowest BCUT2D eigenvalue weighted by Gasteiger charge is -2.11. The zero-order valence-electron chi connectivity index (χ0n) is 15.0. The number of benzene rings is 3. The zero-order chi connectivity index (χ0) is 20.9. The molecule has 0 heterocycles. The van der Waals surface area contributed by atoms with Crippen molar-refractivity contribution in [3.05, 3.63) is 86.8 Å². The molecular weight excluding hydrogens is 522 g/mol. The first-order chi connectivity index (χ1) is 13.8. The molecule has 0 atom stereocenters. The SMILES string of the molecule is NS(=O)(=O)c1ccc(NN=Cc2cc(Br)c(OCc3ccccc3)c(Br)c2)cc1. The minimum Gasteiger partial charge on any atom is -0.487 e. The molecule has 0 radical (unpaired) electrons. The third-order valence-electron chi connectivity index (χ3n) is 3.84. The second-order valence-corrected chi connectivity index (χ2v) is 9.30. The van der Waals surface area contributed by atoms with Gasteiger partial charge in [0.05, 0.1) is 25.7 Å². The molecule has 3 aromatic carbocycles. The molecule has 29 heavy (non-hydrogen) atoms. The molecule has 0 aliphatic rings. The van der Waals surface area contributed by atoms with Crippen LogP contribution in [0.1, 0.15) is 11.1 Å². The highest BCUT2D eigenvalue weighted by Crippen LogP contribution is 2.35. The summed E-state index contributed by atoms with van der Waals surface area (Å²) in [6.45, 7) is 0.460. The maximum absolute atomic E-state index is 11.3. The molecule has 0 aliphatic carbocycles. The topological polar surface area (TPSA) is 93.8 Å². The molecule has 3 aromatic rings. The van der Waals surface area contributed by atoms with E-state index in [0.717, 1.165) is 20.1 Å². The summed E-state index contributed by atoms with van der Waals surface area (Å²) in [5.41, 5.74) is 5.39. The second-order valence-electron chi connectivity index (χ2n) is 6.03. The van der Waals surface area contributed by atoms with Crippen molar-refractivity contribution in [2.24, 2.45) is 10.2 Å². The highest BCUT2D eigenvalue weighted by Gasteiger charge is 2.09. The lowest BCUT2D eigenvalue weighted by Crippen LogP contribution is -2.11. The number of nitrogens with one attached hydrogen (secondary N) is 1. The summed E-state index contributed by atoms with van der Waals surface area (Å²) in [7, 11) is -3.71. The van der Waals surface area contributed by atoms with E-state index < -0.39 is 10.0 Å². The van der Waals surface area contributed by atoms with Crippen LogP contribution in [0.25, 0.3) is 0 Å². The van der Waals surface area contributed by atoms with Crippen molar-refractivity contribution in [2.75, 3.05) is 5.43 Å². The third-order valence-corrected chi connectivity index (χ3v) is 5.94. The largest absolute Gasteiger partial charge is 0.487 e. The van der Waals surface area contributed by atoms with Crippen molar-refractivity contribution in [1.29, 1.82) is 0 Å². The third kappa shape index (κ3) is 6.14. The average molecular weight is 539 g/mol. The molecule has 0 amide bonds. The number of halogens is 2. The fourth-order valence-corrected chi connectivity index (χ4v) is 4.39. The molecule has 150 valence electrons. The van der Waals surface area contributed by atoms with E-state index in [-0.39, 0.29) is 4.90 Å². The smallest absolute Gasteiger partial charge is 0.238 e. The van der Waals surface area contributed by atoms with Crippen molar-refractivity contribution in [2.45, 2.75) is 11.5 Å². The van der Waals surface area contributed by atoms with Crippen LogP contribution in [0.3, 0.4) is 0 Å². The van der Waals surface area contributed by atoms with Crippen LogP contribution in [0.15, 0.2) is 85.7 Å². The summed E-state index contributed by atoms with van der Waals surface area (Å²) in [6.07, 6.45) is 1.64.